The lowest BCUT2D eigenvalue weighted by molar-refractivity contribution is -0.137. The van der Waals surface area contributed by atoms with Gasteiger partial charge in [0.25, 0.3) is 5.91 Å². The van der Waals surface area contributed by atoms with Crippen molar-refractivity contribution in [3.8, 4) is 5.75 Å². The summed E-state index contributed by atoms with van der Waals surface area (Å²) in [4.78, 5) is 31.5. The number of piperazine rings is 1. The molecule has 2 saturated heterocycles. The first-order valence-corrected chi connectivity index (χ1v) is 10.9. The van der Waals surface area contributed by atoms with Crippen LogP contribution in [0.5, 0.6) is 5.75 Å². The van der Waals surface area contributed by atoms with Crippen LogP contribution in [0, 0.1) is 5.92 Å². The highest BCUT2D eigenvalue weighted by molar-refractivity contribution is 5.97. The molecule has 2 aromatic heterocycles. The lowest BCUT2D eigenvalue weighted by Crippen LogP contribution is -2.53. The van der Waals surface area contributed by atoms with Crippen molar-refractivity contribution in [1.82, 2.24) is 29.6 Å². The third-order valence-electron chi connectivity index (χ3n) is 6.33. The van der Waals surface area contributed by atoms with Crippen molar-refractivity contribution in [1.29, 1.82) is 0 Å². The van der Waals surface area contributed by atoms with Crippen molar-refractivity contribution < 1.29 is 14.7 Å². The minimum absolute atomic E-state index is 0.00897. The van der Waals surface area contributed by atoms with Crippen molar-refractivity contribution >= 4 is 23.3 Å². The number of nitrogens with zero attached hydrogens (tertiary/aromatic N) is 7. The highest BCUT2D eigenvalue weighted by Crippen LogP contribution is 2.25. The molecule has 2 aliphatic rings. The average molecular weight is 435 g/mol. The molecule has 2 amide bonds. The monoisotopic (exact) mass is 435 g/mol. The molecule has 10 nitrogen and oxygen atoms in total. The molecule has 10 heteroatoms. The van der Waals surface area contributed by atoms with E-state index in [9.17, 15) is 14.7 Å². The molecule has 0 spiro atoms. The van der Waals surface area contributed by atoms with Crippen molar-refractivity contribution in [2.75, 3.05) is 44.2 Å². The van der Waals surface area contributed by atoms with Gasteiger partial charge in [0.1, 0.15) is 17.9 Å². The van der Waals surface area contributed by atoms with Crippen LogP contribution < -0.4 is 4.90 Å². The molecule has 0 aliphatic carbocycles. The Labute approximate surface area is 185 Å². The molecular formula is C22H25N7O3. The number of carbonyl (C=O) groups is 2. The zero-order valence-corrected chi connectivity index (χ0v) is 17.7. The Kier molecular flexibility index (Phi) is 5.34. The molecular weight excluding hydrogens is 410 g/mol. The number of rotatable bonds is 3. The molecule has 32 heavy (non-hydrogen) atoms. The summed E-state index contributed by atoms with van der Waals surface area (Å²) in [5.41, 5.74) is 1.01. The van der Waals surface area contributed by atoms with Gasteiger partial charge in [0.15, 0.2) is 5.65 Å². The van der Waals surface area contributed by atoms with Gasteiger partial charge in [-0.3, -0.25) is 9.59 Å². The first-order valence-electron chi connectivity index (χ1n) is 10.9. The van der Waals surface area contributed by atoms with Gasteiger partial charge in [-0.1, -0.05) is 12.1 Å². The number of aromatic nitrogens is 4. The molecule has 5 rings (SSSR count). The zero-order chi connectivity index (χ0) is 22.1. The number of hydrogen-bond donors (Lipinski definition) is 1. The van der Waals surface area contributed by atoms with E-state index in [2.05, 4.69) is 20.2 Å². The van der Waals surface area contributed by atoms with Crippen LogP contribution in [0.3, 0.4) is 0 Å². The third kappa shape index (κ3) is 3.83. The number of anilines is 1. The number of phenols is 1. The average Bonchev–Trinajstić information content (AvgIpc) is 3.32. The maximum Gasteiger partial charge on any atom is 0.257 e. The molecule has 1 aromatic carbocycles. The van der Waals surface area contributed by atoms with Gasteiger partial charge >= 0.3 is 0 Å². The van der Waals surface area contributed by atoms with E-state index < -0.39 is 0 Å². The number of carbonyl (C=O) groups excluding carboxylic acids is 2. The van der Waals surface area contributed by atoms with Gasteiger partial charge in [0.05, 0.1) is 5.56 Å². The van der Waals surface area contributed by atoms with E-state index in [1.54, 1.807) is 33.9 Å². The fraction of sp³-hybridized carbons (Fsp3) is 0.409. The number of para-hydroxylation sites is 1. The maximum absolute atomic E-state index is 13.1. The Morgan fingerprint density at radius 3 is 2.38 bits per heavy atom. The van der Waals surface area contributed by atoms with Crippen molar-refractivity contribution in [2.24, 2.45) is 5.92 Å². The van der Waals surface area contributed by atoms with Crippen LogP contribution in [0.1, 0.15) is 23.2 Å². The summed E-state index contributed by atoms with van der Waals surface area (Å²) in [5, 5.41) is 22.3. The van der Waals surface area contributed by atoms with Gasteiger partial charge < -0.3 is 19.8 Å². The smallest absolute Gasteiger partial charge is 0.257 e. The predicted octanol–water partition coefficient (Wildman–Crippen LogP) is 1.03. The van der Waals surface area contributed by atoms with Crippen LogP contribution in [-0.4, -0.2) is 85.8 Å². The van der Waals surface area contributed by atoms with Gasteiger partial charge in [-0.25, -0.2) is 0 Å². The lowest BCUT2D eigenvalue weighted by atomic mass is 9.95. The largest absolute Gasteiger partial charge is 0.507 e. The number of piperidine rings is 1. The summed E-state index contributed by atoms with van der Waals surface area (Å²) in [6.45, 7) is 3.52. The van der Waals surface area contributed by atoms with E-state index in [-0.39, 0.29) is 23.5 Å². The summed E-state index contributed by atoms with van der Waals surface area (Å²) in [6.07, 6.45) is 3.13. The lowest BCUT2D eigenvalue weighted by Gasteiger charge is -2.38. The third-order valence-corrected chi connectivity index (χ3v) is 6.33. The Bertz CT molecular complexity index is 1130. The van der Waals surface area contributed by atoms with Gasteiger partial charge in [0, 0.05) is 45.2 Å². The van der Waals surface area contributed by atoms with E-state index in [0.29, 0.717) is 37.4 Å². The van der Waals surface area contributed by atoms with E-state index in [1.165, 1.54) is 6.07 Å². The zero-order valence-electron chi connectivity index (χ0n) is 17.7. The van der Waals surface area contributed by atoms with Crippen molar-refractivity contribution in [2.45, 2.75) is 12.8 Å². The Morgan fingerprint density at radius 1 is 0.906 bits per heavy atom. The first-order chi connectivity index (χ1) is 15.6. The van der Waals surface area contributed by atoms with Crippen LogP contribution in [0.25, 0.3) is 5.65 Å². The molecule has 1 N–H and O–H groups in total. The summed E-state index contributed by atoms with van der Waals surface area (Å²) >= 11 is 0. The summed E-state index contributed by atoms with van der Waals surface area (Å²) < 4.78 is 1.66. The van der Waals surface area contributed by atoms with Crippen LogP contribution >= 0.6 is 0 Å². The Balaban J connectivity index is 1.14. The fourth-order valence-corrected chi connectivity index (χ4v) is 4.46. The second kappa shape index (κ2) is 8.45. The number of aromatic hydroxyl groups is 1. The van der Waals surface area contributed by atoms with Gasteiger partial charge in [-0.15, -0.1) is 15.3 Å². The second-order valence-electron chi connectivity index (χ2n) is 8.22. The second-order valence-corrected chi connectivity index (χ2v) is 8.22. The van der Waals surface area contributed by atoms with Gasteiger partial charge in [-0.2, -0.15) is 4.52 Å². The number of phenolic OH excluding ortho intramolecular Hbond substituents is 1. The number of amides is 2. The summed E-state index contributed by atoms with van der Waals surface area (Å²) in [5.74, 6) is 0.813. The number of hydrogen-bond acceptors (Lipinski definition) is 7. The summed E-state index contributed by atoms with van der Waals surface area (Å²) in [7, 11) is 0. The van der Waals surface area contributed by atoms with Gasteiger partial charge in [-0.05, 0) is 37.1 Å². The number of fused-ring (bicyclic) bond motifs is 1. The normalized spacial score (nSPS) is 17.7. The van der Waals surface area contributed by atoms with Crippen LogP contribution in [0.2, 0.25) is 0 Å². The van der Waals surface area contributed by atoms with E-state index in [1.807, 2.05) is 17.0 Å². The van der Waals surface area contributed by atoms with Crippen LogP contribution in [-0.2, 0) is 4.79 Å². The van der Waals surface area contributed by atoms with Crippen LogP contribution in [0.4, 0.5) is 5.82 Å². The van der Waals surface area contributed by atoms with Gasteiger partial charge in [0.2, 0.25) is 5.91 Å². The van der Waals surface area contributed by atoms with E-state index in [0.717, 1.165) is 31.7 Å². The molecule has 2 fully saturated rings. The highest BCUT2D eigenvalue weighted by atomic mass is 16.3. The standard InChI is InChI=1S/C22H25N7O3/c30-18-4-2-1-3-17(18)22(32)28-13-11-27(12-14-28)21(31)16-7-9-26(10-8-16)20-6-5-19-24-23-15-29(19)25-20/h1-6,15-16,30H,7-14H2. The van der Waals surface area contributed by atoms with E-state index in [4.69, 9.17) is 0 Å². The molecule has 166 valence electrons. The highest BCUT2D eigenvalue weighted by Gasteiger charge is 2.32. The fourth-order valence-electron chi connectivity index (χ4n) is 4.46. The molecule has 0 unspecified atom stereocenters. The number of benzene rings is 1. The predicted molar refractivity (Wildman–Crippen MR) is 116 cm³/mol. The van der Waals surface area contributed by atoms with E-state index >= 15 is 0 Å². The quantitative estimate of drug-likeness (QED) is 0.655. The van der Waals surface area contributed by atoms with Crippen molar-refractivity contribution in [3.63, 3.8) is 0 Å². The molecule has 2 aliphatic heterocycles. The topological polar surface area (TPSA) is 107 Å². The minimum atomic E-state index is -0.193. The molecule has 0 bridgehead atoms. The molecule has 0 saturated carbocycles. The Hall–Kier alpha value is -3.69. The Morgan fingerprint density at radius 2 is 1.62 bits per heavy atom. The molecule has 0 radical (unpaired) electrons. The maximum atomic E-state index is 13.1. The molecule has 3 aromatic rings. The SMILES string of the molecule is O=C(c1ccccc1O)N1CCN(C(=O)C2CCN(c3ccc4nncn4n3)CC2)CC1. The molecule has 4 heterocycles. The minimum Gasteiger partial charge on any atom is -0.507 e. The van der Waals surface area contributed by atoms with Crippen molar-refractivity contribution in [3.05, 3.63) is 48.3 Å². The summed E-state index contributed by atoms with van der Waals surface area (Å²) in [6, 6.07) is 10.4. The first kappa shape index (κ1) is 20.2. The van der Waals surface area contributed by atoms with Crippen LogP contribution in [0.15, 0.2) is 42.7 Å². The molecule has 0 atom stereocenters.